The molecule has 0 unspecified atom stereocenters. The third-order valence-electron chi connectivity index (χ3n) is 6.09. The van der Waals surface area contributed by atoms with Gasteiger partial charge in [0.25, 0.3) is 0 Å². The molecule has 0 atom stereocenters. The number of aromatic nitrogens is 2. The van der Waals surface area contributed by atoms with Crippen molar-refractivity contribution in [2.24, 2.45) is 0 Å². The number of hydrogen-bond donors (Lipinski definition) is 1. The van der Waals surface area contributed by atoms with Crippen LogP contribution >= 0.6 is 11.6 Å². The molecule has 31 heavy (non-hydrogen) atoms. The predicted octanol–water partition coefficient (Wildman–Crippen LogP) is 4.66. The van der Waals surface area contributed by atoms with Gasteiger partial charge in [-0.2, -0.15) is 0 Å². The van der Waals surface area contributed by atoms with Crippen LogP contribution < -0.4 is 10.1 Å². The molecule has 0 aliphatic carbocycles. The number of fused-ring (bicyclic) bond motifs is 1. The second-order valence-corrected chi connectivity index (χ2v) is 8.80. The highest BCUT2D eigenvalue weighted by Crippen LogP contribution is 2.39. The Labute approximate surface area is 187 Å². The number of rotatable bonds is 5. The third kappa shape index (κ3) is 4.31. The van der Waals surface area contributed by atoms with Crippen molar-refractivity contribution < 1.29 is 9.13 Å². The van der Waals surface area contributed by atoms with Crippen LogP contribution in [0.5, 0.6) is 5.75 Å². The van der Waals surface area contributed by atoms with Crippen LogP contribution in [0.1, 0.15) is 19.4 Å². The molecule has 0 saturated carbocycles. The van der Waals surface area contributed by atoms with E-state index in [1.165, 1.54) is 12.4 Å². The Morgan fingerprint density at radius 1 is 1.10 bits per heavy atom. The van der Waals surface area contributed by atoms with Gasteiger partial charge in [0, 0.05) is 54.4 Å². The van der Waals surface area contributed by atoms with Crippen molar-refractivity contribution in [3.05, 3.63) is 53.1 Å². The van der Waals surface area contributed by atoms with Gasteiger partial charge in [0.1, 0.15) is 23.7 Å². The Hall–Kier alpha value is -2.48. The number of anilines is 2. The minimum atomic E-state index is -0.458. The van der Waals surface area contributed by atoms with Crippen LogP contribution in [0.25, 0.3) is 10.9 Å². The van der Waals surface area contributed by atoms with Crippen LogP contribution in [0.2, 0.25) is 5.02 Å². The summed E-state index contributed by atoms with van der Waals surface area (Å²) in [6, 6.07) is 8.56. The van der Waals surface area contributed by atoms with Crippen molar-refractivity contribution in [1.82, 2.24) is 19.8 Å². The number of nitrogens with one attached hydrogen (secondary N) is 1. The molecule has 0 spiro atoms. The molecule has 1 N–H and O–H groups in total. The van der Waals surface area contributed by atoms with Gasteiger partial charge >= 0.3 is 0 Å². The first-order valence-electron chi connectivity index (χ1n) is 10.3. The van der Waals surface area contributed by atoms with Crippen molar-refractivity contribution in [2.75, 3.05) is 45.7 Å². The van der Waals surface area contributed by atoms with Gasteiger partial charge in [0.2, 0.25) is 0 Å². The minimum absolute atomic E-state index is 0.0573. The lowest BCUT2D eigenvalue weighted by Gasteiger charge is -2.44. The largest absolute Gasteiger partial charge is 0.496 e. The van der Waals surface area contributed by atoms with E-state index in [2.05, 4.69) is 52.0 Å². The van der Waals surface area contributed by atoms with Crippen LogP contribution in [0, 0.1) is 5.82 Å². The summed E-state index contributed by atoms with van der Waals surface area (Å²) in [4.78, 5) is 13.7. The number of methoxy groups -OCH3 is 1. The Balaban J connectivity index is 1.77. The summed E-state index contributed by atoms with van der Waals surface area (Å²) in [5.74, 6) is 0.970. The first kappa shape index (κ1) is 21.7. The number of hydrogen-bond acceptors (Lipinski definition) is 6. The van der Waals surface area contributed by atoms with E-state index in [9.17, 15) is 4.39 Å². The molecule has 3 aromatic rings. The first-order valence-corrected chi connectivity index (χ1v) is 10.7. The average molecular weight is 444 g/mol. The zero-order chi connectivity index (χ0) is 22.2. The van der Waals surface area contributed by atoms with Gasteiger partial charge in [0.15, 0.2) is 0 Å². The highest BCUT2D eigenvalue weighted by Gasteiger charge is 2.33. The number of benzene rings is 2. The van der Waals surface area contributed by atoms with Gasteiger partial charge in [-0.05, 0) is 45.2 Å². The fourth-order valence-corrected chi connectivity index (χ4v) is 4.26. The molecule has 1 aliphatic heterocycles. The predicted molar refractivity (Wildman–Crippen MR) is 123 cm³/mol. The van der Waals surface area contributed by atoms with E-state index in [1.54, 1.807) is 19.2 Å². The second-order valence-electron chi connectivity index (χ2n) is 8.40. The summed E-state index contributed by atoms with van der Waals surface area (Å²) in [5, 5.41) is 4.17. The maximum Gasteiger partial charge on any atom is 0.141 e. The van der Waals surface area contributed by atoms with E-state index in [1.807, 2.05) is 6.07 Å². The number of nitrogens with zero attached hydrogens (tertiary/aromatic N) is 4. The van der Waals surface area contributed by atoms with Crippen molar-refractivity contribution in [3.63, 3.8) is 0 Å². The molecule has 2 heterocycles. The number of ether oxygens (including phenoxy) is 1. The molecular formula is C23H27ClFN5O. The zero-order valence-corrected chi connectivity index (χ0v) is 19.0. The summed E-state index contributed by atoms with van der Waals surface area (Å²) < 4.78 is 19.3. The van der Waals surface area contributed by atoms with Crippen LogP contribution in [-0.2, 0) is 5.54 Å². The van der Waals surface area contributed by atoms with E-state index in [0.29, 0.717) is 11.5 Å². The average Bonchev–Trinajstić information content (AvgIpc) is 2.76. The Kier molecular flexibility index (Phi) is 6.01. The van der Waals surface area contributed by atoms with Gasteiger partial charge in [-0.25, -0.2) is 14.4 Å². The number of piperazine rings is 1. The van der Waals surface area contributed by atoms with E-state index in [0.717, 1.165) is 48.4 Å². The lowest BCUT2D eigenvalue weighted by Crippen LogP contribution is -2.52. The molecule has 1 fully saturated rings. The van der Waals surface area contributed by atoms with E-state index >= 15 is 0 Å². The van der Waals surface area contributed by atoms with Gasteiger partial charge in [-0.3, -0.25) is 4.90 Å². The maximum atomic E-state index is 13.6. The fraction of sp³-hybridized carbons (Fsp3) is 0.391. The summed E-state index contributed by atoms with van der Waals surface area (Å²) in [6.07, 6.45) is 1.50. The molecule has 6 nitrogen and oxygen atoms in total. The van der Waals surface area contributed by atoms with Gasteiger partial charge in [-0.1, -0.05) is 11.6 Å². The summed E-state index contributed by atoms with van der Waals surface area (Å²) >= 11 is 5.95. The van der Waals surface area contributed by atoms with Gasteiger partial charge in [0.05, 0.1) is 17.6 Å². The highest BCUT2D eigenvalue weighted by atomic mass is 35.5. The molecule has 0 bridgehead atoms. The second kappa shape index (κ2) is 8.57. The molecule has 1 aromatic heterocycles. The Morgan fingerprint density at radius 2 is 1.84 bits per heavy atom. The maximum absolute atomic E-state index is 13.6. The van der Waals surface area contributed by atoms with Crippen LogP contribution in [-0.4, -0.2) is 60.1 Å². The summed E-state index contributed by atoms with van der Waals surface area (Å²) in [6.45, 7) is 8.46. The lowest BCUT2D eigenvalue weighted by molar-refractivity contribution is 0.0591. The number of halogens is 2. The number of likely N-dealkylation sites (N-methyl/N-ethyl adjacent to an activating group) is 1. The third-order valence-corrected chi connectivity index (χ3v) is 6.38. The Bertz CT molecular complexity index is 1100. The molecule has 8 heteroatoms. The van der Waals surface area contributed by atoms with Crippen LogP contribution in [0.4, 0.5) is 15.9 Å². The van der Waals surface area contributed by atoms with Crippen molar-refractivity contribution >= 4 is 34.0 Å². The van der Waals surface area contributed by atoms with Crippen LogP contribution in [0.15, 0.2) is 36.7 Å². The molecule has 1 aliphatic rings. The highest BCUT2D eigenvalue weighted by molar-refractivity contribution is 6.31. The smallest absolute Gasteiger partial charge is 0.141 e. The zero-order valence-electron chi connectivity index (χ0n) is 18.2. The molecular weight excluding hydrogens is 417 g/mol. The van der Waals surface area contributed by atoms with Crippen LogP contribution in [0.3, 0.4) is 0 Å². The molecule has 0 amide bonds. The normalized spacial score (nSPS) is 15.9. The quantitative estimate of drug-likeness (QED) is 0.619. The van der Waals surface area contributed by atoms with Gasteiger partial charge < -0.3 is 15.0 Å². The monoisotopic (exact) mass is 443 g/mol. The SMILES string of the molecule is COc1cc2ncnc(Nc3ccc(F)c(Cl)c3)c2cc1C(C)(C)N1CCN(C)CC1. The van der Waals surface area contributed by atoms with Crippen molar-refractivity contribution in [3.8, 4) is 5.75 Å². The minimum Gasteiger partial charge on any atom is -0.496 e. The standard InChI is InChI=1S/C23H27ClFN5O/c1-23(2,30-9-7-29(3)8-10-30)17-12-16-20(13-21(17)31-4)26-14-27-22(16)28-15-5-6-19(25)18(24)11-15/h5-6,11-14H,7-10H2,1-4H3,(H,26,27,28). The Morgan fingerprint density at radius 3 is 2.52 bits per heavy atom. The first-order chi connectivity index (χ1) is 14.8. The molecule has 2 aromatic carbocycles. The summed E-state index contributed by atoms with van der Waals surface area (Å²) in [7, 11) is 3.84. The molecule has 4 rings (SSSR count). The lowest BCUT2D eigenvalue weighted by atomic mass is 9.89. The molecule has 1 saturated heterocycles. The van der Waals surface area contributed by atoms with E-state index < -0.39 is 5.82 Å². The van der Waals surface area contributed by atoms with Crippen molar-refractivity contribution in [1.29, 1.82) is 0 Å². The topological polar surface area (TPSA) is 53.5 Å². The molecule has 0 radical (unpaired) electrons. The molecule has 164 valence electrons. The van der Waals surface area contributed by atoms with Crippen molar-refractivity contribution in [2.45, 2.75) is 19.4 Å². The van der Waals surface area contributed by atoms with E-state index in [-0.39, 0.29) is 10.6 Å². The fourth-order valence-electron chi connectivity index (χ4n) is 4.08. The van der Waals surface area contributed by atoms with Gasteiger partial charge in [-0.15, -0.1) is 0 Å². The summed E-state index contributed by atoms with van der Waals surface area (Å²) in [5.41, 5.74) is 2.25. The van der Waals surface area contributed by atoms with E-state index in [4.69, 9.17) is 16.3 Å².